The molecule has 114 valence electrons. The van der Waals surface area contributed by atoms with E-state index < -0.39 is 5.97 Å². The first-order valence-corrected chi connectivity index (χ1v) is 7.95. The Labute approximate surface area is 128 Å². The highest BCUT2D eigenvalue weighted by Gasteiger charge is 2.18. The molecule has 1 atom stereocenters. The number of rotatable bonds is 8. The predicted octanol–water partition coefficient (Wildman–Crippen LogP) is 3.50. The zero-order valence-corrected chi connectivity index (χ0v) is 13.2. The molecule has 2 aromatic rings. The SMILES string of the molecule is CCCC(COC)NCc1c(C(=O)O)sc2ccccc12. The average Bonchev–Trinajstić information content (AvgIpc) is 2.84. The number of carboxylic acid groups (broad SMARTS) is 1. The highest BCUT2D eigenvalue weighted by Crippen LogP contribution is 2.31. The molecule has 1 aromatic heterocycles. The van der Waals surface area contributed by atoms with Gasteiger partial charge in [0.1, 0.15) is 4.88 Å². The van der Waals surface area contributed by atoms with Gasteiger partial charge in [0.25, 0.3) is 0 Å². The van der Waals surface area contributed by atoms with Gasteiger partial charge < -0.3 is 15.2 Å². The van der Waals surface area contributed by atoms with Gasteiger partial charge in [-0.2, -0.15) is 0 Å². The van der Waals surface area contributed by atoms with Gasteiger partial charge in [-0.3, -0.25) is 0 Å². The summed E-state index contributed by atoms with van der Waals surface area (Å²) in [5.41, 5.74) is 0.875. The van der Waals surface area contributed by atoms with Crippen LogP contribution in [0.3, 0.4) is 0 Å². The van der Waals surface area contributed by atoms with Crippen molar-refractivity contribution in [3.8, 4) is 0 Å². The van der Waals surface area contributed by atoms with E-state index in [1.807, 2.05) is 24.3 Å². The number of thiophene rings is 1. The third-order valence-corrected chi connectivity index (χ3v) is 4.67. The lowest BCUT2D eigenvalue weighted by atomic mass is 10.1. The summed E-state index contributed by atoms with van der Waals surface area (Å²) in [6.45, 7) is 3.32. The molecule has 1 aromatic carbocycles. The van der Waals surface area contributed by atoms with Crippen LogP contribution in [0.4, 0.5) is 0 Å². The highest BCUT2D eigenvalue weighted by atomic mass is 32.1. The van der Waals surface area contributed by atoms with Crippen LogP contribution in [0, 0.1) is 0 Å². The van der Waals surface area contributed by atoms with Crippen LogP contribution in [0.5, 0.6) is 0 Å². The Morgan fingerprint density at radius 3 is 2.86 bits per heavy atom. The van der Waals surface area contributed by atoms with Gasteiger partial charge in [-0.15, -0.1) is 11.3 Å². The maximum absolute atomic E-state index is 11.4. The third kappa shape index (κ3) is 3.81. The molecule has 0 fully saturated rings. The number of hydrogen-bond acceptors (Lipinski definition) is 4. The summed E-state index contributed by atoms with van der Waals surface area (Å²) in [5, 5.41) is 13.9. The van der Waals surface area contributed by atoms with E-state index in [1.54, 1.807) is 7.11 Å². The van der Waals surface area contributed by atoms with Crippen molar-refractivity contribution in [1.82, 2.24) is 5.32 Å². The highest BCUT2D eigenvalue weighted by molar-refractivity contribution is 7.21. The number of methoxy groups -OCH3 is 1. The minimum absolute atomic E-state index is 0.250. The van der Waals surface area contributed by atoms with Gasteiger partial charge in [0, 0.05) is 24.4 Å². The molecule has 0 aliphatic carbocycles. The maximum atomic E-state index is 11.4. The van der Waals surface area contributed by atoms with Gasteiger partial charge in [-0.25, -0.2) is 4.79 Å². The molecule has 4 nitrogen and oxygen atoms in total. The Balaban J connectivity index is 2.23. The quantitative estimate of drug-likeness (QED) is 0.783. The van der Waals surface area contributed by atoms with Crippen LogP contribution < -0.4 is 5.32 Å². The van der Waals surface area contributed by atoms with E-state index in [2.05, 4.69) is 12.2 Å². The van der Waals surface area contributed by atoms with E-state index in [0.29, 0.717) is 18.0 Å². The molecule has 0 aliphatic heterocycles. The summed E-state index contributed by atoms with van der Waals surface area (Å²) >= 11 is 1.34. The van der Waals surface area contributed by atoms with Crippen molar-refractivity contribution < 1.29 is 14.6 Å². The van der Waals surface area contributed by atoms with Gasteiger partial charge in [-0.1, -0.05) is 31.5 Å². The fraction of sp³-hybridized carbons (Fsp3) is 0.438. The smallest absolute Gasteiger partial charge is 0.346 e. The molecule has 0 aliphatic rings. The number of carbonyl (C=O) groups is 1. The molecule has 5 heteroatoms. The molecule has 21 heavy (non-hydrogen) atoms. The standard InChI is InChI=1S/C16H21NO3S/c1-3-6-11(10-20-2)17-9-13-12-7-4-5-8-14(12)21-15(13)16(18)19/h4-5,7-8,11,17H,3,6,9-10H2,1-2H3,(H,18,19). The second kappa shape index (κ2) is 7.54. The monoisotopic (exact) mass is 307 g/mol. The summed E-state index contributed by atoms with van der Waals surface area (Å²) in [4.78, 5) is 11.9. The first kappa shape index (κ1) is 15.9. The first-order chi connectivity index (χ1) is 10.2. The Morgan fingerprint density at radius 2 is 2.19 bits per heavy atom. The molecular formula is C16H21NO3S. The van der Waals surface area contributed by atoms with Crippen LogP contribution in [0.15, 0.2) is 24.3 Å². The molecule has 0 radical (unpaired) electrons. The molecule has 1 heterocycles. The lowest BCUT2D eigenvalue weighted by Crippen LogP contribution is -2.32. The fourth-order valence-electron chi connectivity index (χ4n) is 2.49. The summed E-state index contributed by atoms with van der Waals surface area (Å²) in [7, 11) is 1.69. The Hall–Kier alpha value is -1.43. The van der Waals surface area contributed by atoms with Crippen LogP contribution >= 0.6 is 11.3 Å². The van der Waals surface area contributed by atoms with Crippen LogP contribution in [0.2, 0.25) is 0 Å². The van der Waals surface area contributed by atoms with Gasteiger partial charge >= 0.3 is 5.97 Å². The summed E-state index contributed by atoms with van der Waals surface area (Å²) < 4.78 is 6.23. The Bertz CT molecular complexity index is 603. The van der Waals surface area contributed by atoms with E-state index in [0.717, 1.165) is 28.5 Å². The van der Waals surface area contributed by atoms with E-state index in [4.69, 9.17) is 4.74 Å². The van der Waals surface area contributed by atoms with Crippen molar-refractivity contribution in [2.45, 2.75) is 32.4 Å². The second-order valence-corrected chi connectivity index (χ2v) is 6.09. The number of carboxylic acids is 1. The summed E-state index contributed by atoms with van der Waals surface area (Å²) in [6.07, 6.45) is 2.08. The minimum atomic E-state index is -0.855. The second-order valence-electron chi connectivity index (χ2n) is 5.03. The van der Waals surface area contributed by atoms with Crippen LogP contribution in [-0.4, -0.2) is 30.8 Å². The topological polar surface area (TPSA) is 58.6 Å². The molecule has 2 rings (SSSR count). The molecule has 0 spiro atoms. The van der Waals surface area contributed by atoms with E-state index in [-0.39, 0.29) is 6.04 Å². The number of aromatic carboxylic acids is 1. The Kier molecular flexibility index (Phi) is 5.73. The number of ether oxygens (including phenoxy) is 1. The maximum Gasteiger partial charge on any atom is 0.346 e. The van der Waals surface area contributed by atoms with Gasteiger partial charge in [0.05, 0.1) is 6.61 Å². The molecular weight excluding hydrogens is 286 g/mol. The molecule has 0 amide bonds. The van der Waals surface area contributed by atoms with Gasteiger partial charge in [-0.05, 0) is 23.4 Å². The molecule has 0 bridgehead atoms. The van der Waals surface area contributed by atoms with Crippen LogP contribution in [0.25, 0.3) is 10.1 Å². The van der Waals surface area contributed by atoms with Crippen molar-refractivity contribution >= 4 is 27.4 Å². The van der Waals surface area contributed by atoms with E-state index in [1.165, 1.54) is 11.3 Å². The largest absolute Gasteiger partial charge is 0.477 e. The lowest BCUT2D eigenvalue weighted by molar-refractivity contribution is 0.0701. The summed E-state index contributed by atoms with van der Waals surface area (Å²) in [5.74, 6) is -0.855. The number of benzene rings is 1. The van der Waals surface area contributed by atoms with Crippen LogP contribution in [-0.2, 0) is 11.3 Å². The van der Waals surface area contributed by atoms with Crippen molar-refractivity contribution in [3.63, 3.8) is 0 Å². The summed E-state index contributed by atoms with van der Waals surface area (Å²) in [6, 6.07) is 8.09. The molecule has 0 saturated carbocycles. The first-order valence-electron chi connectivity index (χ1n) is 7.13. The number of fused-ring (bicyclic) bond motifs is 1. The number of hydrogen-bond donors (Lipinski definition) is 2. The van der Waals surface area contributed by atoms with E-state index in [9.17, 15) is 9.90 Å². The average molecular weight is 307 g/mol. The number of nitrogens with one attached hydrogen (secondary N) is 1. The van der Waals surface area contributed by atoms with Gasteiger partial charge in [0.15, 0.2) is 0 Å². The molecule has 0 saturated heterocycles. The minimum Gasteiger partial charge on any atom is -0.477 e. The molecule has 2 N–H and O–H groups in total. The van der Waals surface area contributed by atoms with Crippen molar-refractivity contribution in [2.24, 2.45) is 0 Å². The normalized spacial score (nSPS) is 12.7. The van der Waals surface area contributed by atoms with E-state index >= 15 is 0 Å². The van der Waals surface area contributed by atoms with Crippen molar-refractivity contribution in [1.29, 1.82) is 0 Å². The van der Waals surface area contributed by atoms with Crippen molar-refractivity contribution in [3.05, 3.63) is 34.7 Å². The fourth-order valence-corrected chi connectivity index (χ4v) is 3.55. The van der Waals surface area contributed by atoms with Gasteiger partial charge in [0.2, 0.25) is 0 Å². The lowest BCUT2D eigenvalue weighted by Gasteiger charge is -2.17. The predicted molar refractivity (Wildman–Crippen MR) is 86.2 cm³/mol. The Morgan fingerprint density at radius 1 is 1.43 bits per heavy atom. The molecule has 1 unspecified atom stereocenters. The zero-order chi connectivity index (χ0) is 15.2. The van der Waals surface area contributed by atoms with Crippen molar-refractivity contribution in [2.75, 3.05) is 13.7 Å². The zero-order valence-electron chi connectivity index (χ0n) is 12.4. The third-order valence-electron chi connectivity index (χ3n) is 3.47. The van der Waals surface area contributed by atoms with Crippen LogP contribution in [0.1, 0.15) is 35.0 Å².